The van der Waals surface area contributed by atoms with Gasteiger partial charge < -0.3 is 25.2 Å². The number of likely N-dealkylation sites (N-methyl/N-ethyl adjacent to an activating group) is 1. The van der Waals surface area contributed by atoms with E-state index in [4.69, 9.17) is 12.2 Å². The second-order valence-electron chi connectivity index (χ2n) is 5.78. The summed E-state index contributed by atoms with van der Waals surface area (Å²) in [6, 6.07) is 6.25. The molecule has 0 atom stereocenters. The van der Waals surface area contributed by atoms with Crippen LogP contribution in [0.15, 0.2) is 24.3 Å². The highest BCUT2D eigenvalue weighted by Crippen LogP contribution is 2.17. The number of hydrogen-bond donors (Lipinski definition) is 2. The molecule has 8 heteroatoms. The Balaban J connectivity index is 1.61. The van der Waals surface area contributed by atoms with Gasteiger partial charge in [0.15, 0.2) is 5.11 Å². The molecule has 0 saturated carbocycles. The lowest BCUT2D eigenvalue weighted by Crippen LogP contribution is -2.45. The van der Waals surface area contributed by atoms with Crippen LogP contribution >= 0.6 is 12.2 Å². The Morgan fingerprint density at radius 1 is 1.21 bits per heavy atom. The summed E-state index contributed by atoms with van der Waals surface area (Å²) in [6.45, 7) is 3.52. The van der Waals surface area contributed by atoms with Crippen molar-refractivity contribution >= 4 is 23.0 Å². The maximum absolute atomic E-state index is 12.1. The molecule has 0 spiro atoms. The quantitative estimate of drug-likeness (QED) is 0.575. The van der Waals surface area contributed by atoms with Gasteiger partial charge in [0.1, 0.15) is 5.75 Å². The van der Waals surface area contributed by atoms with E-state index >= 15 is 0 Å². The molecule has 1 saturated heterocycles. The first-order valence-electron chi connectivity index (χ1n) is 8.03. The van der Waals surface area contributed by atoms with E-state index in [0.29, 0.717) is 5.11 Å². The van der Waals surface area contributed by atoms with Gasteiger partial charge in [0.2, 0.25) is 0 Å². The molecule has 1 aromatic carbocycles. The van der Waals surface area contributed by atoms with Crippen LogP contribution < -0.4 is 15.4 Å². The van der Waals surface area contributed by atoms with E-state index in [1.54, 1.807) is 12.1 Å². The number of hydrogen-bond acceptors (Lipinski definition) is 4. The average Bonchev–Trinajstić information content (AvgIpc) is 2.55. The van der Waals surface area contributed by atoms with Gasteiger partial charge in [0.25, 0.3) is 0 Å². The van der Waals surface area contributed by atoms with Crippen LogP contribution in [-0.4, -0.2) is 67.8 Å². The van der Waals surface area contributed by atoms with E-state index in [-0.39, 0.29) is 5.75 Å². The Morgan fingerprint density at radius 2 is 1.88 bits per heavy atom. The van der Waals surface area contributed by atoms with Crippen LogP contribution in [0.4, 0.5) is 14.5 Å². The Kier molecular flexibility index (Phi) is 7.61. The first kappa shape index (κ1) is 18.8. The molecule has 1 aliphatic heterocycles. The summed E-state index contributed by atoms with van der Waals surface area (Å²) in [4.78, 5) is 4.80. The summed E-state index contributed by atoms with van der Waals surface area (Å²) in [5.41, 5.74) is 0.730. The van der Waals surface area contributed by atoms with E-state index in [1.807, 2.05) is 0 Å². The number of piperazine rings is 1. The van der Waals surface area contributed by atoms with E-state index in [1.165, 1.54) is 12.1 Å². The fraction of sp³-hybridized carbons (Fsp3) is 0.562. The highest BCUT2D eigenvalue weighted by molar-refractivity contribution is 7.80. The van der Waals surface area contributed by atoms with Crippen molar-refractivity contribution in [1.29, 1.82) is 0 Å². The molecule has 5 nitrogen and oxygen atoms in total. The highest BCUT2D eigenvalue weighted by atomic mass is 32.1. The number of alkyl halides is 2. The number of ether oxygens (including phenoxy) is 1. The van der Waals surface area contributed by atoms with Crippen molar-refractivity contribution in [3.63, 3.8) is 0 Å². The minimum absolute atomic E-state index is 0.126. The van der Waals surface area contributed by atoms with Gasteiger partial charge in [-0.15, -0.1) is 0 Å². The minimum Gasteiger partial charge on any atom is -0.435 e. The number of halogens is 2. The maximum atomic E-state index is 12.1. The smallest absolute Gasteiger partial charge is 0.387 e. The van der Waals surface area contributed by atoms with E-state index in [2.05, 4.69) is 32.2 Å². The number of anilines is 1. The monoisotopic (exact) mass is 358 g/mol. The lowest BCUT2D eigenvalue weighted by Gasteiger charge is -2.32. The van der Waals surface area contributed by atoms with Gasteiger partial charge >= 0.3 is 6.61 Å². The molecule has 2 rings (SSSR count). The molecule has 1 fully saturated rings. The van der Waals surface area contributed by atoms with Crippen LogP contribution in [0.2, 0.25) is 0 Å². The standard InChI is InChI=1S/C16H24F2N4OS/c1-21-9-11-22(12-10-21)8-2-7-19-16(24)20-13-3-5-14(6-4-13)23-15(17)18/h3-6,15H,2,7-12H2,1H3,(H2,19,20,24). The van der Waals surface area contributed by atoms with Crippen LogP contribution in [0.5, 0.6) is 5.75 Å². The minimum atomic E-state index is -2.81. The molecule has 0 aromatic heterocycles. The number of benzene rings is 1. The molecule has 1 heterocycles. The van der Waals surface area contributed by atoms with Gasteiger partial charge in [-0.2, -0.15) is 8.78 Å². The second-order valence-corrected chi connectivity index (χ2v) is 6.19. The van der Waals surface area contributed by atoms with Crippen molar-refractivity contribution in [3.8, 4) is 5.75 Å². The van der Waals surface area contributed by atoms with Crippen LogP contribution in [0.1, 0.15) is 6.42 Å². The Morgan fingerprint density at radius 3 is 2.50 bits per heavy atom. The number of nitrogens with zero attached hydrogens (tertiary/aromatic N) is 2. The summed E-state index contributed by atoms with van der Waals surface area (Å²) in [5.74, 6) is 0.126. The molecular weight excluding hydrogens is 334 g/mol. The predicted molar refractivity (Wildman–Crippen MR) is 95.9 cm³/mol. The third-order valence-electron chi connectivity index (χ3n) is 3.87. The predicted octanol–water partition coefficient (Wildman–Crippen LogP) is 2.21. The third kappa shape index (κ3) is 6.94. The molecular formula is C16H24F2N4OS. The number of thiocarbonyl (C=S) groups is 1. The van der Waals surface area contributed by atoms with Gasteiger partial charge in [-0.1, -0.05) is 0 Å². The molecule has 0 unspecified atom stereocenters. The lowest BCUT2D eigenvalue weighted by molar-refractivity contribution is -0.0498. The van der Waals surface area contributed by atoms with Crippen LogP contribution in [0, 0.1) is 0 Å². The van der Waals surface area contributed by atoms with Crippen LogP contribution in [0.3, 0.4) is 0 Å². The van der Waals surface area contributed by atoms with Gasteiger partial charge in [-0.3, -0.25) is 0 Å². The molecule has 1 aromatic rings. The fourth-order valence-electron chi connectivity index (χ4n) is 2.47. The topological polar surface area (TPSA) is 39.8 Å². The first-order valence-corrected chi connectivity index (χ1v) is 8.44. The Labute approximate surface area is 146 Å². The Bertz CT molecular complexity index is 507. The highest BCUT2D eigenvalue weighted by Gasteiger charge is 2.12. The van der Waals surface area contributed by atoms with E-state index in [9.17, 15) is 8.78 Å². The first-order chi connectivity index (χ1) is 11.5. The number of nitrogens with one attached hydrogen (secondary N) is 2. The zero-order valence-corrected chi connectivity index (χ0v) is 14.6. The normalized spacial score (nSPS) is 16.2. The Hall–Kier alpha value is -1.51. The van der Waals surface area contributed by atoms with E-state index < -0.39 is 6.61 Å². The van der Waals surface area contributed by atoms with Gasteiger partial charge in [-0.05, 0) is 56.5 Å². The third-order valence-corrected chi connectivity index (χ3v) is 4.12. The van der Waals surface area contributed by atoms with Crippen molar-refractivity contribution in [2.75, 3.05) is 51.6 Å². The molecule has 0 amide bonds. The fourth-order valence-corrected chi connectivity index (χ4v) is 2.69. The SMILES string of the molecule is CN1CCN(CCCNC(=S)Nc2ccc(OC(F)F)cc2)CC1. The van der Waals surface area contributed by atoms with Crippen molar-refractivity contribution < 1.29 is 13.5 Å². The number of rotatable bonds is 7. The largest absolute Gasteiger partial charge is 0.435 e. The summed E-state index contributed by atoms with van der Waals surface area (Å²) in [5, 5.41) is 6.71. The van der Waals surface area contributed by atoms with Gasteiger partial charge in [-0.25, -0.2) is 0 Å². The molecule has 0 aliphatic carbocycles. The molecule has 24 heavy (non-hydrogen) atoms. The molecule has 134 valence electrons. The summed E-state index contributed by atoms with van der Waals surface area (Å²) in [7, 11) is 2.15. The summed E-state index contributed by atoms with van der Waals surface area (Å²) in [6.07, 6.45) is 1.02. The molecule has 0 bridgehead atoms. The van der Waals surface area contributed by atoms with Crippen molar-refractivity contribution in [3.05, 3.63) is 24.3 Å². The van der Waals surface area contributed by atoms with E-state index in [0.717, 1.165) is 51.4 Å². The second kappa shape index (κ2) is 9.71. The maximum Gasteiger partial charge on any atom is 0.387 e. The zero-order valence-electron chi connectivity index (χ0n) is 13.8. The summed E-state index contributed by atoms with van der Waals surface area (Å²) < 4.78 is 28.5. The van der Waals surface area contributed by atoms with Crippen LogP contribution in [-0.2, 0) is 0 Å². The van der Waals surface area contributed by atoms with Crippen molar-refractivity contribution in [2.45, 2.75) is 13.0 Å². The lowest BCUT2D eigenvalue weighted by atomic mass is 10.3. The summed E-state index contributed by atoms with van der Waals surface area (Å²) >= 11 is 5.23. The van der Waals surface area contributed by atoms with Gasteiger partial charge in [0.05, 0.1) is 0 Å². The average molecular weight is 358 g/mol. The van der Waals surface area contributed by atoms with Crippen molar-refractivity contribution in [2.24, 2.45) is 0 Å². The molecule has 2 N–H and O–H groups in total. The van der Waals surface area contributed by atoms with Crippen molar-refractivity contribution in [1.82, 2.24) is 15.1 Å². The zero-order chi connectivity index (χ0) is 17.4. The molecule has 0 radical (unpaired) electrons. The van der Waals surface area contributed by atoms with Gasteiger partial charge in [0, 0.05) is 38.4 Å². The molecule has 1 aliphatic rings. The van der Waals surface area contributed by atoms with Crippen LogP contribution in [0.25, 0.3) is 0 Å².